The van der Waals surface area contributed by atoms with Crippen molar-refractivity contribution < 1.29 is 32.2 Å². The molecule has 1 aromatic carbocycles. The van der Waals surface area contributed by atoms with E-state index in [2.05, 4.69) is 4.98 Å². The molecule has 0 amide bonds. The zero-order valence-corrected chi connectivity index (χ0v) is 17.9. The van der Waals surface area contributed by atoms with E-state index in [0.29, 0.717) is 49.7 Å². The lowest BCUT2D eigenvalue weighted by molar-refractivity contribution is -0.152. The summed E-state index contributed by atoms with van der Waals surface area (Å²) in [5.41, 5.74) is -0.372. The molecule has 1 fully saturated rings. The standard InChI is InChI=1S/C23H25F3N2O4/c1-3-31-19-7-4-16(5-8-19)21(29)15(2)32-22(30)17-10-12-28(13-11-17)20-9-6-18(14-27-20)23(24,25)26/h4-9,14-15,17H,3,10-13H2,1-2H3/t15-/m1/s1. The number of carbonyl (C=O) groups is 2. The zero-order valence-electron chi connectivity index (χ0n) is 17.9. The largest absolute Gasteiger partial charge is 0.494 e. The van der Waals surface area contributed by atoms with Gasteiger partial charge in [0.05, 0.1) is 18.1 Å². The van der Waals surface area contributed by atoms with Gasteiger partial charge in [0.2, 0.25) is 5.78 Å². The number of halogens is 3. The van der Waals surface area contributed by atoms with Crippen LogP contribution in [0.5, 0.6) is 5.75 Å². The Morgan fingerprint density at radius 1 is 1.12 bits per heavy atom. The minimum Gasteiger partial charge on any atom is -0.494 e. The second-order valence-corrected chi connectivity index (χ2v) is 7.56. The Morgan fingerprint density at radius 3 is 2.31 bits per heavy atom. The van der Waals surface area contributed by atoms with Gasteiger partial charge in [0.15, 0.2) is 6.10 Å². The van der Waals surface area contributed by atoms with Crippen molar-refractivity contribution in [3.63, 3.8) is 0 Å². The summed E-state index contributed by atoms with van der Waals surface area (Å²) in [7, 11) is 0. The highest BCUT2D eigenvalue weighted by Gasteiger charge is 2.32. The highest BCUT2D eigenvalue weighted by Crippen LogP contribution is 2.30. The fraction of sp³-hybridized carbons (Fsp3) is 0.435. The Morgan fingerprint density at radius 2 is 1.78 bits per heavy atom. The minimum absolute atomic E-state index is 0.298. The summed E-state index contributed by atoms with van der Waals surface area (Å²) in [4.78, 5) is 30.8. The second kappa shape index (κ2) is 10.0. The van der Waals surface area contributed by atoms with E-state index in [9.17, 15) is 22.8 Å². The van der Waals surface area contributed by atoms with E-state index in [1.54, 1.807) is 24.3 Å². The van der Waals surface area contributed by atoms with Gasteiger partial charge in [-0.15, -0.1) is 0 Å². The molecule has 6 nitrogen and oxygen atoms in total. The maximum atomic E-state index is 12.7. The molecule has 1 aliphatic heterocycles. The predicted octanol–water partition coefficient (Wildman–Crippen LogP) is 4.53. The molecule has 1 aliphatic rings. The van der Waals surface area contributed by atoms with E-state index < -0.39 is 23.8 Å². The van der Waals surface area contributed by atoms with Gasteiger partial charge in [0.25, 0.3) is 0 Å². The topological polar surface area (TPSA) is 68.7 Å². The highest BCUT2D eigenvalue weighted by molar-refractivity contribution is 6.00. The Bertz CT molecular complexity index is 922. The van der Waals surface area contributed by atoms with Gasteiger partial charge in [-0.05, 0) is 63.1 Å². The number of piperidine rings is 1. The summed E-state index contributed by atoms with van der Waals surface area (Å²) in [6, 6.07) is 8.98. The fourth-order valence-electron chi connectivity index (χ4n) is 3.53. The van der Waals surface area contributed by atoms with Crippen molar-refractivity contribution in [1.82, 2.24) is 4.98 Å². The minimum atomic E-state index is -4.43. The smallest absolute Gasteiger partial charge is 0.417 e. The molecule has 9 heteroatoms. The number of hydrogen-bond acceptors (Lipinski definition) is 6. The monoisotopic (exact) mass is 450 g/mol. The molecule has 32 heavy (non-hydrogen) atoms. The number of hydrogen-bond donors (Lipinski definition) is 0. The maximum absolute atomic E-state index is 12.7. The van der Waals surface area contributed by atoms with Crippen LogP contribution in [0.3, 0.4) is 0 Å². The van der Waals surface area contributed by atoms with Gasteiger partial charge in [-0.3, -0.25) is 9.59 Å². The number of benzene rings is 1. The maximum Gasteiger partial charge on any atom is 0.417 e. The first-order valence-corrected chi connectivity index (χ1v) is 10.4. The molecule has 2 aromatic rings. The van der Waals surface area contributed by atoms with Crippen LogP contribution in [-0.2, 0) is 15.7 Å². The number of esters is 1. The van der Waals surface area contributed by atoms with Crippen LogP contribution in [0, 0.1) is 5.92 Å². The number of pyridine rings is 1. The van der Waals surface area contributed by atoms with Gasteiger partial charge in [-0.25, -0.2) is 4.98 Å². The van der Waals surface area contributed by atoms with Gasteiger partial charge in [0, 0.05) is 24.8 Å². The van der Waals surface area contributed by atoms with Crippen LogP contribution in [0.25, 0.3) is 0 Å². The molecular weight excluding hydrogens is 425 g/mol. The molecule has 2 heterocycles. The molecular formula is C23H25F3N2O4. The Hall–Kier alpha value is -3.10. The van der Waals surface area contributed by atoms with Crippen LogP contribution in [0.2, 0.25) is 0 Å². The number of carbonyl (C=O) groups excluding carboxylic acids is 2. The van der Waals surface area contributed by atoms with E-state index in [1.165, 1.54) is 13.0 Å². The third-order valence-corrected chi connectivity index (χ3v) is 5.34. The molecule has 0 bridgehead atoms. The lowest BCUT2D eigenvalue weighted by Crippen LogP contribution is -2.38. The van der Waals surface area contributed by atoms with E-state index >= 15 is 0 Å². The van der Waals surface area contributed by atoms with Gasteiger partial charge in [-0.2, -0.15) is 13.2 Å². The normalized spacial score (nSPS) is 15.8. The first-order chi connectivity index (χ1) is 15.2. The van der Waals surface area contributed by atoms with Crippen molar-refractivity contribution in [3.8, 4) is 5.75 Å². The summed E-state index contributed by atoms with van der Waals surface area (Å²) in [6.07, 6.45) is -3.61. The average Bonchev–Trinajstić information content (AvgIpc) is 2.79. The Balaban J connectivity index is 1.51. The van der Waals surface area contributed by atoms with Crippen molar-refractivity contribution >= 4 is 17.6 Å². The van der Waals surface area contributed by atoms with Crippen molar-refractivity contribution in [2.75, 3.05) is 24.6 Å². The molecule has 172 valence electrons. The molecule has 0 unspecified atom stereocenters. The first kappa shape index (κ1) is 23.6. The Labute approximate surface area is 184 Å². The molecule has 0 saturated carbocycles. The summed E-state index contributed by atoms with van der Waals surface area (Å²) >= 11 is 0. The van der Waals surface area contributed by atoms with Gasteiger partial charge < -0.3 is 14.4 Å². The summed E-state index contributed by atoms with van der Waals surface area (Å²) in [5, 5.41) is 0. The number of ketones is 1. The first-order valence-electron chi connectivity index (χ1n) is 10.4. The van der Waals surface area contributed by atoms with Crippen molar-refractivity contribution in [3.05, 3.63) is 53.7 Å². The molecule has 0 aliphatic carbocycles. The SMILES string of the molecule is CCOc1ccc(C(=O)[C@@H](C)OC(=O)C2CCN(c3ccc(C(F)(F)F)cn3)CC2)cc1. The highest BCUT2D eigenvalue weighted by atomic mass is 19.4. The zero-order chi connectivity index (χ0) is 23.3. The lowest BCUT2D eigenvalue weighted by atomic mass is 9.96. The lowest BCUT2D eigenvalue weighted by Gasteiger charge is -2.32. The molecule has 0 radical (unpaired) electrons. The number of aromatic nitrogens is 1. The van der Waals surface area contributed by atoms with Crippen LogP contribution in [0.1, 0.15) is 42.6 Å². The van der Waals surface area contributed by atoms with Crippen LogP contribution in [-0.4, -0.2) is 42.5 Å². The molecule has 0 N–H and O–H groups in total. The summed E-state index contributed by atoms with van der Waals surface area (Å²) < 4.78 is 48.8. The van der Waals surface area contributed by atoms with Crippen molar-refractivity contribution in [1.29, 1.82) is 0 Å². The molecule has 0 spiro atoms. The van der Waals surface area contributed by atoms with Gasteiger partial charge in [-0.1, -0.05) is 0 Å². The summed E-state index contributed by atoms with van der Waals surface area (Å²) in [5.74, 6) is -0.0345. The number of alkyl halides is 3. The Kier molecular flexibility index (Phi) is 7.37. The quantitative estimate of drug-likeness (QED) is 0.456. The van der Waals surface area contributed by atoms with Crippen LogP contribution >= 0.6 is 0 Å². The number of nitrogens with zero attached hydrogens (tertiary/aromatic N) is 2. The van der Waals surface area contributed by atoms with Crippen molar-refractivity contribution in [2.24, 2.45) is 5.92 Å². The summed E-state index contributed by atoms with van der Waals surface area (Å²) in [6.45, 7) is 4.84. The fourth-order valence-corrected chi connectivity index (χ4v) is 3.53. The van der Waals surface area contributed by atoms with Gasteiger partial charge in [0.1, 0.15) is 11.6 Å². The molecule has 3 rings (SSSR count). The molecule has 1 saturated heterocycles. The second-order valence-electron chi connectivity index (χ2n) is 7.56. The third-order valence-electron chi connectivity index (χ3n) is 5.34. The number of rotatable bonds is 7. The number of Topliss-reactive ketones (excluding diaryl/α,β-unsaturated/α-hetero) is 1. The number of ether oxygens (including phenoxy) is 2. The van der Waals surface area contributed by atoms with Crippen LogP contribution < -0.4 is 9.64 Å². The van der Waals surface area contributed by atoms with E-state index in [1.807, 2.05) is 11.8 Å². The van der Waals surface area contributed by atoms with Gasteiger partial charge >= 0.3 is 12.1 Å². The van der Waals surface area contributed by atoms with Crippen molar-refractivity contribution in [2.45, 2.75) is 39.0 Å². The molecule has 1 aromatic heterocycles. The molecule has 1 atom stereocenters. The number of anilines is 1. The third kappa shape index (κ3) is 5.77. The van der Waals surface area contributed by atoms with E-state index in [0.717, 1.165) is 12.3 Å². The van der Waals surface area contributed by atoms with Crippen LogP contribution in [0.15, 0.2) is 42.6 Å². The predicted molar refractivity (Wildman–Crippen MR) is 112 cm³/mol. The average molecular weight is 450 g/mol. The van der Waals surface area contributed by atoms with E-state index in [4.69, 9.17) is 9.47 Å². The van der Waals surface area contributed by atoms with E-state index in [-0.39, 0.29) is 11.7 Å². The van der Waals surface area contributed by atoms with Crippen LogP contribution in [0.4, 0.5) is 19.0 Å².